The van der Waals surface area contributed by atoms with Crippen molar-refractivity contribution < 1.29 is 23.8 Å². The number of rotatable bonds is 6. The summed E-state index contributed by atoms with van der Waals surface area (Å²) in [5.74, 6) is -0.607. The van der Waals surface area contributed by atoms with Gasteiger partial charge in [0.2, 0.25) is 5.76 Å². The van der Waals surface area contributed by atoms with Crippen LogP contribution in [0.2, 0.25) is 5.02 Å². The topological polar surface area (TPSA) is 88.8 Å². The summed E-state index contributed by atoms with van der Waals surface area (Å²) in [4.78, 5) is 23.1. The van der Waals surface area contributed by atoms with E-state index in [2.05, 4.69) is 5.32 Å². The first-order chi connectivity index (χ1) is 12.9. The molecule has 27 heavy (non-hydrogen) atoms. The second kappa shape index (κ2) is 7.97. The van der Waals surface area contributed by atoms with Gasteiger partial charge in [-0.1, -0.05) is 11.6 Å². The Kier molecular flexibility index (Phi) is 5.47. The van der Waals surface area contributed by atoms with Gasteiger partial charge in [-0.15, -0.1) is 0 Å². The van der Waals surface area contributed by atoms with E-state index in [0.29, 0.717) is 27.8 Å². The molecule has 2 N–H and O–H groups in total. The van der Waals surface area contributed by atoms with E-state index >= 15 is 0 Å². The van der Waals surface area contributed by atoms with Crippen LogP contribution in [0.5, 0.6) is 5.75 Å². The van der Waals surface area contributed by atoms with Gasteiger partial charge in [0.1, 0.15) is 11.5 Å². The van der Waals surface area contributed by atoms with E-state index in [1.165, 1.54) is 6.07 Å². The average molecular weight is 386 g/mol. The fourth-order valence-electron chi connectivity index (χ4n) is 2.37. The largest absolute Gasteiger partial charge is 0.483 e. The number of amides is 1. The summed E-state index contributed by atoms with van der Waals surface area (Å²) < 4.78 is 10.9. The van der Waals surface area contributed by atoms with Crippen molar-refractivity contribution in [3.05, 3.63) is 82.8 Å². The van der Waals surface area contributed by atoms with E-state index in [0.717, 1.165) is 0 Å². The van der Waals surface area contributed by atoms with Crippen LogP contribution in [-0.2, 0) is 0 Å². The fraction of sp³-hybridized carbons (Fsp3) is 0.100. The van der Waals surface area contributed by atoms with E-state index in [1.54, 1.807) is 61.5 Å². The van der Waals surface area contributed by atoms with Crippen LogP contribution in [0.3, 0.4) is 0 Å². The predicted octanol–water partition coefficient (Wildman–Crippen LogP) is 5.02. The molecule has 1 aromatic heterocycles. The van der Waals surface area contributed by atoms with E-state index in [9.17, 15) is 9.59 Å². The van der Waals surface area contributed by atoms with Crippen molar-refractivity contribution in [2.75, 3.05) is 5.32 Å². The van der Waals surface area contributed by atoms with E-state index in [4.69, 9.17) is 25.9 Å². The normalized spacial score (nSPS) is 11.6. The van der Waals surface area contributed by atoms with Crippen LogP contribution in [0.25, 0.3) is 0 Å². The Hall–Kier alpha value is -3.25. The molecule has 3 aromatic rings. The van der Waals surface area contributed by atoms with Gasteiger partial charge in [0, 0.05) is 16.3 Å². The highest BCUT2D eigenvalue weighted by molar-refractivity contribution is 6.30. The lowest BCUT2D eigenvalue weighted by molar-refractivity contribution is 0.0655. The minimum atomic E-state index is -1.13. The number of furan rings is 1. The Labute approximate surface area is 160 Å². The Morgan fingerprint density at radius 1 is 1.04 bits per heavy atom. The zero-order chi connectivity index (χ0) is 19.4. The van der Waals surface area contributed by atoms with Crippen molar-refractivity contribution in [2.24, 2.45) is 0 Å². The van der Waals surface area contributed by atoms with Crippen LogP contribution in [0.1, 0.15) is 39.7 Å². The third-order valence-electron chi connectivity index (χ3n) is 3.77. The average Bonchev–Trinajstić information content (AvgIpc) is 3.15. The summed E-state index contributed by atoms with van der Waals surface area (Å²) in [6.45, 7) is 1.74. The molecular formula is C20H16ClNO5. The molecule has 1 amide bonds. The molecule has 1 heterocycles. The quantitative estimate of drug-likeness (QED) is 0.621. The van der Waals surface area contributed by atoms with E-state index in [-0.39, 0.29) is 11.7 Å². The first kappa shape index (κ1) is 18.5. The number of halogens is 1. The third kappa shape index (κ3) is 4.68. The zero-order valence-corrected chi connectivity index (χ0v) is 15.1. The number of carbonyl (C=O) groups excluding carboxylic acids is 1. The molecule has 0 aliphatic rings. The van der Waals surface area contributed by atoms with Gasteiger partial charge in [-0.3, -0.25) is 4.79 Å². The van der Waals surface area contributed by atoms with Gasteiger partial charge in [0.15, 0.2) is 6.10 Å². The Bertz CT molecular complexity index is 947. The lowest BCUT2D eigenvalue weighted by Crippen LogP contribution is -2.11. The maximum absolute atomic E-state index is 12.3. The number of carboxylic acid groups (broad SMARTS) is 1. The Balaban J connectivity index is 1.62. The molecule has 2 aromatic carbocycles. The van der Waals surface area contributed by atoms with Crippen LogP contribution in [0.15, 0.2) is 65.1 Å². The van der Waals surface area contributed by atoms with Crippen molar-refractivity contribution in [3.63, 3.8) is 0 Å². The maximum Gasteiger partial charge on any atom is 0.371 e. The third-order valence-corrected chi connectivity index (χ3v) is 4.02. The van der Waals surface area contributed by atoms with Crippen LogP contribution >= 0.6 is 11.6 Å². The lowest BCUT2D eigenvalue weighted by atomic mass is 10.2. The molecule has 1 unspecified atom stereocenters. The van der Waals surface area contributed by atoms with Crippen molar-refractivity contribution in [3.8, 4) is 5.75 Å². The van der Waals surface area contributed by atoms with Crippen molar-refractivity contribution >= 4 is 29.2 Å². The standard InChI is InChI=1S/C20H16ClNO5/c1-12(17-10-11-18(27-17)20(24)25)26-16-8-2-13(3-9-16)19(23)22-15-6-4-14(21)5-7-15/h2-12H,1H3,(H,22,23)(H,24,25). The minimum absolute atomic E-state index is 0.144. The maximum atomic E-state index is 12.3. The van der Waals surface area contributed by atoms with Gasteiger partial charge < -0.3 is 19.6 Å². The summed E-state index contributed by atoms with van der Waals surface area (Å²) >= 11 is 5.82. The van der Waals surface area contributed by atoms with Gasteiger partial charge >= 0.3 is 5.97 Å². The Morgan fingerprint density at radius 3 is 2.30 bits per heavy atom. The van der Waals surface area contributed by atoms with Crippen molar-refractivity contribution in [2.45, 2.75) is 13.0 Å². The lowest BCUT2D eigenvalue weighted by Gasteiger charge is -2.13. The fourth-order valence-corrected chi connectivity index (χ4v) is 2.50. The number of hydrogen-bond acceptors (Lipinski definition) is 4. The molecule has 0 saturated heterocycles. The minimum Gasteiger partial charge on any atom is -0.483 e. The summed E-state index contributed by atoms with van der Waals surface area (Å²) in [5, 5.41) is 12.3. The highest BCUT2D eigenvalue weighted by Gasteiger charge is 2.16. The molecule has 0 fully saturated rings. The first-order valence-corrected chi connectivity index (χ1v) is 8.47. The molecule has 0 spiro atoms. The predicted molar refractivity (Wildman–Crippen MR) is 101 cm³/mol. The second-order valence-corrected chi connectivity index (χ2v) is 6.19. The van der Waals surface area contributed by atoms with E-state index in [1.807, 2.05) is 0 Å². The SMILES string of the molecule is CC(Oc1ccc(C(=O)Nc2ccc(Cl)cc2)cc1)c1ccc(C(=O)O)o1. The number of aromatic carboxylic acids is 1. The summed E-state index contributed by atoms with van der Waals surface area (Å²) in [5.41, 5.74) is 1.11. The number of ether oxygens (including phenoxy) is 1. The van der Waals surface area contributed by atoms with Gasteiger partial charge in [-0.2, -0.15) is 0 Å². The molecule has 0 aliphatic carbocycles. The van der Waals surface area contributed by atoms with Crippen LogP contribution in [0, 0.1) is 0 Å². The number of hydrogen-bond donors (Lipinski definition) is 2. The zero-order valence-electron chi connectivity index (χ0n) is 14.3. The van der Waals surface area contributed by atoms with Gasteiger partial charge in [-0.05, 0) is 67.6 Å². The molecule has 6 nitrogen and oxygen atoms in total. The molecular weight excluding hydrogens is 370 g/mol. The van der Waals surface area contributed by atoms with Gasteiger partial charge in [0.05, 0.1) is 0 Å². The second-order valence-electron chi connectivity index (χ2n) is 5.75. The number of carbonyl (C=O) groups is 2. The molecule has 0 aliphatic heterocycles. The summed E-state index contributed by atoms with van der Waals surface area (Å²) in [7, 11) is 0. The Morgan fingerprint density at radius 2 is 1.70 bits per heavy atom. The van der Waals surface area contributed by atoms with Crippen molar-refractivity contribution in [1.82, 2.24) is 0 Å². The van der Waals surface area contributed by atoms with Crippen molar-refractivity contribution in [1.29, 1.82) is 0 Å². The van der Waals surface area contributed by atoms with Crippen LogP contribution in [-0.4, -0.2) is 17.0 Å². The summed E-state index contributed by atoms with van der Waals surface area (Å²) in [6, 6.07) is 16.4. The highest BCUT2D eigenvalue weighted by atomic mass is 35.5. The molecule has 0 bridgehead atoms. The number of carboxylic acids is 1. The molecule has 0 radical (unpaired) electrons. The highest BCUT2D eigenvalue weighted by Crippen LogP contribution is 2.24. The monoisotopic (exact) mass is 385 g/mol. The summed E-state index contributed by atoms with van der Waals surface area (Å²) in [6.07, 6.45) is -0.480. The molecule has 3 rings (SSSR count). The van der Waals surface area contributed by atoms with E-state index < -0.39 is 12.1 Å². The molecule has 7 heteroatoms. The first-order valence-electron chi connectivity index (χ1n) is 8.09. The molecule has 1 atom stereocenters. The number of benzene rings is 2. The van der Waals surface area contributed by atoms with Gasteiger partial charge in [-0.25, -0.2) is 4.79 Å². The van der Waals surface area contributed by atoms with Crippen LogP contribution < -0.4 is 10.1 Å². The number of anilines is 1. The number of nitrogens with one attached hydrogen (secondary N) is 1. The smallest absolute Gasteiger partial charge is 0.371 e. The molecule has 138 valence electrons. The van der Waals surface area contributed by atoms with Gasteiger partial charge in [0.25, 0.3) is 5.91 Å². The van der Waals surface area contributed by atoms with Crippen LogP contribution in [0.4, 0.5) is 5.69 Å². The molecule has 0 saturated carbocycles.